The maximum Gasteiger partial charge on any atom is 0.345 e. The van der Waals surface area contributed by atoms with Crippen LogP contribution in [0.4, 0.5) is 0 Å². The van der Waals surface area contributed by atoms with Gasteiger partial charge in [0.2, 0.25) is 0 Å². The van der Waals surface area contributed by atoms with Gasteiger partial charge in [-0.3, -0.25) is 0 Å². The third-order valence-corrected chi connectivity index (χ3v) is 5.06. The molecule has 0 bridgehead atoms. The Morgan fingerprint density at radius 2 is 1.56 bits per heavy atom. The van der Waals surface area contributed by atoms with E-state index in [0.29, 0.717) is 4.47 Å². The lowest BCUT2D eigenvalue weighted by Gasteiger charge is -2.11. The van der Waals surface area contributed by atoms with Crippen LogP contribution in [-0.4, -0.2) is 34.6 Å². The molecule has 0 amide bonds. The first-order valence-electron chi connectivity index (χ1n) is 7.46. The SMILES string of the molecule is COC(=O)C(=Cc1cc(Br)ccc1OS(=O)(=O)c1ccccc1)C(=O)OC. The van der Waals surface area contributed by atoms with Gasteiger partial charge in [0, 0.05) is 10.0 Å². The van der Waals surface area contributed by atoms with E-state index in [1.807, 2.05) is 0 Å². The van der Waals surface area contributed by atoms with Gasteiger partial charge in [-0.15, -0.1) is 0 Å². The molecule has 0 unspecified atom stereocenters. The first-order chi connectivity index (χ1) is 12.8. The summed E-state index contributed by atoms with van der Waals surface area (Å²) in [5.41, 5.74) is -0.255. The highest BCUT2D eigenvalue weighted by Crippen LogP contribution is 2.28. The van der Waals surface area contributed by atoms with Crippen molar-refractivity contribution in [1.82, 2.24) is 0 Å². The van der Waals surface area contributed by atoms with Crippen LogP contribution in [0.1, 0.15) is 5.56 Å². The number of halogens is 1. The molecule has 27 heavy (non-hydrogen) atoms. The van der Waals surface area contributed by atoms with Crippen LogP contribution in [0.2, 0.25) is 0 Å². The predicted octanol–water partition coefficient (Wildman–Crippen LogP) is 2.95. The second kappa shape index (κ2) is 8.83. The van der Waals surface area contributed by atoms with E-state index in [-0.39, 0.29) is 16.2 Å². The highest BCUT2D eigenvalue weighted by molar-refractivity contribution is 9.10. The van der Waals surface area contributed by atoms with E-state index in [9.17, 15) is 18.0 Å². The topological polar surface area (TPSA) is 96.0 Å². The normalized spacial score (nSPS) is 10.6. The van der Waals surface area contributed by atoms with Crippen LogP contribution >= 0.6 is 15.9 Å². The Kier molecular flexibility index (Phi) is 6.75. The zero-order valence-corrected chi connectivity index (χ0v) is 16.7. The van der Waals surface area contributed by atoms with E-state index < -0.39 is 27.6 Å². The fourth-order valence-corrected chi connectivity index (χ4v) is 3.39. The molecule has 9 heteroatoms. The molecule has 2 aromatic carbocycles. The second-order valence-electron chi connectivity index (χ2n) is 5.07. The Bertz CT molecular complexity index is 964. The quantitative estimate of drug-likeness (QED) is 0.217. The van der Waals surface area contributed by atoms with Crippen molar-refractivity contribution >= 4 is 44.1 Å². The average molecular weight is 455 g/mol. The lowest BCUT2D eigenvalue weighted by molar-refractivity contribution is -0.143. The summed E-state index contributed by atoms with van der Waals surface area (Å²) < 4.78 is 39.9. The largest absolute Gasteiger partial charge is 0.465 e. The summed E-state index contributed by atoms with van der Waals surface area (Å²) in [6.45, 7) is 0. The molecule has 2 rings (SSSR count). The second-order valence-corrected chi connectivity index (χ2v) is 7.54. The van der Waals surface area contributed by atoms with Gasteiger partial charge < -0.3 is 13.7 Å². The fraction of sp³-hybridized carbons (Fsp3) is 0.111. The van der Waals surface area contributed by atoms with E-state index in [2.05, 4.69) is 25.4 Å². The van der Waals surface area contributed by atoms with Crippen molar-refractivity contribution in [3.8, 4) is 5.75 Å². The maximum atomic E-state index is 12.5. The first-order valence-corrected chi connectivity index (χ1v) is 9.66. The molecule has 7 nitrogen and oxygen atoms in total. The molecular weight excluding hydrogens is 440 g/mol. The zero-order chi connectivity index (χ0) is 20.0. The van der Waals surface area contributed by atoms with Crippen LogP contribution in [0.3, 0.4) is 0 Å². The van der Waals surface area contributed by atoms with Gasteiger partial charge in [-0.25, -0.2) is 9.59 Å². The molecular formula is C18H15BrO7S. The van der Waals surface area contributed by atoms with Crippen molar-refractivity contribution in [2.75, 3.05) is 14.2 Å². The zero-order valence-electron chi connectivity index (χ0n) is 14.3. The molecule has 0 aliphatic heterocycles. The lowest BCUT2D eigenvalue weighted by Crippen LogP contribution is -2.16. The van der Waals surface area contributed by atoms with Crippen LogP contribution in [0.15, 0.2) is 63.5 Å². The number of ether oxygens (including phenoxy) is 2. The van der Waals surface area contributed by atoms with Crippen LogP contribution in [0, 0.1) is 0 Å². The van der Waals surface area contributed by atoms with Crippen molar-refractivity contribution in [3.63, 3.8) is 0 Å². The van der Waals surface area contributed by atoms with E-state index in [1.165, 1.54) is 24.3 Å². The molecule has 0 fully saturated rings. The van der Waals surface area contributed by atoms with Crippen LogP contribution in [0.25, 0.3) is 6.08 Å². The highest BCUT2D eigenvalue weighted by atomic mass is 79.9. The smallest absolute Gasteiger partial charge is 0.345 e. The van der Waals surface area contributed by atoms with Gasteiger partial charge in [0.25, 0.3) is 0 Å². The molecule has 0 spiro atoms. The number of hydrogen-bond donors (Lipinski definition) is 0. The van der Waals surface area contributed by atoms with Crippen molar-refractivity contribution in [1.29, 1.82) is 0 Å². The van der Waals surface area contributed by atoms with Gasteiger partial charge in [0.1, 0.15) is 16.2 Å². The van der Waals surface area contributed by atoms with E-state index in [4.69, 9.17) is 4.18 Å². The van der Waals surface area contributed by atoms with Crippen LogP contribution < -0.4 is 4.18 Å². The van der Waals surface area contributed by atoms with Gasteiger partial charge in [-0.1, -0.05) is 34.1 Å². The number of benzene rings is 2. The molecule has 0 atom stereocenters. The summed E-state index contributed by atoms with van der Waals surface area (Å²) in [5, 5.41) is 0. The summed E-state index contributed by atoms with van der Waals surface area (Å²) in [5.74, 6) is -1.94. The Hall–Kier alpha value is -2.65. The minimum Gasteiger partial charge on any atom is -0.465 e. The minimum absolute atomic E-state index is 0.0380. The van der Waals surface area contributed by atoms with Crippen molar-refractivity contribution < 1.29 is 31.7 Å². The number of carbonyl (C=O) groups is 2. The molecule has 0 radical (unpaired) electrons. The number of carbonyl (C=O) groups excluding carboxylic acids is 2. The van der Waals surface area contributed by atoms with Gasteiger partial charge in [-0.05, 0) is 36.4 Å². The monoisotopic (exact) mass is 454 g/mol. The van der Waals surface area contributed by atoms with Gasteiger partial charge in [0.15, 0.2) is 0 Å². The molecule has 0 saturated carbocycles. The molecule has 142 valence electrons. The van der Waals surface area contributed by atoms with Crippen LogP contribution in [-0.2, 0) is 29.2 Å². The standard InChI is InChI=1S/C18H15BrO7S/c1-24-17(20)15(18(21)25-2)11-12-10-13(19)8-9-16(12)26-27(22,23)14-6-4-3-5-7-14/h3-11H,1-2H3. The third-order valence-electron chi connectivity index (χ3n) is 3.31. The van der Waals surface area contributed by atoms with E-state index >= 15 is 0 Å². The highest BCUT2D eigenvalue weighted by Gasteiger charge is 2.22. The van der Waals surface area contributed by atoms with Crippen LogP contribution in [0.5, 0.6) is 5.75 Å². The van der Waals surface area contributed by atoms with Gasteiger partial charge in [0.05, 0.1) is 14.2 Å². The van der Waals surface area contributed by atoms with Gasteiger partial charge >= 0.3 is 22.1 Å². The average Bonchev–Trinajstić information content (AvgIpc) is 2.67. The summed E-state index contributed by atoms with van der Waals surface area (Å²) in [7, 11) is -1.90. The van der Waals surface area contributed by atoms with Gasteiger partial charge in [-0.2, -0.15) is 8.42 Å². The predicted molar refractivity (Wildman–Crippen MR) is 100 cm³/mol. The summed E-state index contributed by atoms with van der Waals surface area (Å²) in [6.07, 6.45) is 1.14. The summed E-state index contributed by atoms with van der Waals surface area (Å²) in [6, 6.07) is 12.0. The molecule has 0 N–H and O–H groups in total. The summed E-state index contributed by atoms with van der Waals surface area (Å²) >= 11 is 3.25. The molecule has 2 aromatic rings. The molecule has 0 saturated heterocycles. The fourth-order valence-electron chi connectivity index (χ4n) is 2.04. The number of esters is 2. The minimum atomic E-state index is -4.11. The van der Waals surface area contributed by atoms with Crippen molar-refractivity contribution in [2.45, 2.75) is 4.90 Å². The Labute approximate surface area is 164 Å². The number of rotatable bonds is 6. The summed E-state index contributed by atoms with van der Waals surface area (Å²) in [4.78, 5) is 23.7. The molecule has 0 aliphatic carbocycles. The third kappa shape index (κ3) is 5.18. The molecule has 0 aromatic heterocycles. The maximum absolute atomic E-state index is 12.5. The number of hydrogen-bond acceptors (Lipinski definition) is 7. The molecule has 0 aliphatic rings. The Morgan fingerprint density at radius 3 is 2.11 bits per heavy atom. The Balaban J connectivity index is 2.53. The molecule has 0 heterocycles. The van der Waals surface area contributed by atoms with Crippen molar-refractivity contribution in [2.24, 2.45) is 0 Å². The lowest BCUT2D eigenvalue weighted by atomic mass is 10.1. The first kappa shape index (κ1) is 20.7. The number of methoxy groups -OCH3 is 2. The van der Waals surface area contributed by atoms with Crippen molar-refractivity contribution in [3.05, 3.63) is 64.1 Å². The Morgan fingerprint density at radius 1 is 0.963 bits per heavy atom. The van der Waals surface area contributed by atoms with E-state index in [1.54, 1.807) is 24.3 Å². The van der Waals surface area contributed by atoms with E-state index in [0.717, 1.165) is 20.3 Å².